The highest BCUT2D eigenvalue weighted by molar-refractivity contribution is 7.93. The first-order valence-electron chi connectivity index (χ1n) is 26.9. The third kappa shape index (κ3) is 6.95. The van der Waals surface area contributed by atoms with Crippen molar-refractivity contribution in [2.75, 3.05) is 0 Å². The van der Waals surface area contributed by atoms with Gasteiger partial charge in [-0.15, -0.1) is 9.15 Å². The Bertz CT molecular complexity index is 5810. The van der Waals surface area contributed by atoms with Crippen LogP contribution in [-0.4, -0.2) is 144 Å². The highest BCUT2D eigenvalue weighted by Crippen LogP contribution is 2.55. The molecule has 10 aromatic rings. The van der Waals surface area contributed by atoms with Gasteiger partial charge in [0.25, 0.3) is 23.3 Å². The fraction of sp³-hybridized carbons (Fsp3) is 0.0175. The Morgan fingerprint density at radius 2 is 0.719 bits per heavy atom. The number of fused-ring (bicyclic) bond motifs is 12. The van der Waals surface area contributed by atoms with Crippen molar-refractivity contribution in [3.63, 3.8) is 0 Å². The summed E-state index contributed by atoms with van der Waals surface area (Å²) < 4.78 is 131. The summed E-state index contributed by atoms with van der Waals surface area (Å²) in [6.45, 7) is 0. The summed E-state index contributed by atoms with van der Waals surface area (Å²) in [7, 11) is -28.7. The standard InChI is InChI=1S/C57H36B4N8O16S4/c70-58(71)33-17-1-5-21-37(33)86(78,79)41-25-9-13-29-45(41)53-62-50-30-14-10-26-42(87(80,81)38-22-6-2-18-34(38)59(72)73)46(30)55-64-52-32-16-12-28-44(89(84,85)40-24-8-4-20-36(40)61(76)77)48(32)56-65-51-31-15-11-27-43(88(82,83)39-23-7-3-19-35(39)60(74)75)47(31)54-63-49(29)66(53)57(67(50)55,68(51)54)69(52)56/h1-28,70-77H/q+2. The smallest absolute Gasteiger partial charge is 0.423 e. The molecule has 16 rings (SSSR count). The summed E-state index contributed by atoms with van der Waals surface area (Å²) in [5.41, 5.74) is -2.00. The van der Waals surface area contributed by atoms with Crippen LogP contribution in [0, 0.1) is 0 Å². The van der Waals surface area contributed by atoms with E-state index in [0.717, 1.165) is 0 Å². The fourth-order valence-electron chi connectivity index (χ4n) is 13.2. The van der Waals surface area contributed by atoms with Gasteiger partial charge in [0.15, 0.2) is 0 Å². The third-order valence-electron chi connectivity index (χ3n) is 16.8. The van der Waals surface area contributed by atoms with Gasteiger partial charge in [-0.3, -0.25) is 0 Å². The van der Waals surface area contributed by atoms with Crippen molar-refractivity contribution in [3.05, 3.63) is 203 Å². The molecule has 8 N–H and O–H groups in total. The lowest BCUT2D eigenvalue weighted by Gasteiger charge is -2.40. The second-order valence-electron chi connectivity index (χ2n) is 21.4. The number of nitrogens with zero attached hydrogens (tertiary/aromatic N) is 8. The maximum atomic E-state index is 15.6. The summed E-state index contributed by atoms with van der Waals surface area (Å²) in [4.78, 5) is 17.4. The molecule has 1 spiro atoms. The van der Waals surface area contributed by atoms with E-state index in [9.17, 15) is 40.2 Å². The second kappa shape index (κ2) is 18.5. The van der Waals surface area contributed by atoms with Crippen molar-refractivity contribution in [2.45, 2.75) is 45.1 Å². The molecule has 0 bridgehead atoms. The normalized spacial score (nSPS) is 16.5. The molecule has 8 aromatic carbocycles. The lowest BCUT2D eigenvalue weighted by molar-refractivity contribution is -0.790. The molecule has 1 unspecified atom stereocenters. The Kier molecular flexibility index (Phi) is 11.5. The SMILES string of the molecule is O=S(=O)(c1ccccc1B(O)O)c1cccc2c1C1=Nc3c4cccc(S(=O)(=O)c5ccccc5B(O)O)c4c4n3C35n6c(c7cccc(S(=O)(=O)c8ccccc8B(O)O)c7c6=NC2=[N+]13)=NC1=[N+]5C(=N4)c2cccc(S(=O)(=O)c3ccccc3B(O)O)c21. The average Bonchev–Trinajstić information content (AvgIpc) is 1.47. The quantitative estimate of drug-likeness (QED) is 0.0474. The lowest BCUT2D eigenvalue weighted by atomic mass is 9.80. The van der Waals surface area contributed by atoms with Gasteiger partial charge in [0.05, 0.1) is 72.2 Å². The van der Waals surface area contributed by atoms with E-state index in [1.54, 1.807) is 0 Å². The monoisotopic (exact) mass is 1260 g/mol. The molecule has 6 aliphatic rings. The van der Waals surface area contributed by atoms with Crippen LogP contribution in [0.2, 0.25) is 0 Å². The van der Waals surface area contributed by atoms with Crippen LogP contribution in [0.4, 0.5) is 11.6 Å². The average molecular weight is 1260 g/mol. The number of benzene rings is 8. The molecule has 1 atom stereocenters. The summed E-state index contributed by atoms with van der Waals surface area (Å²) in [6.07, 6.45) is 0. The number of hydrogen-bond acceptors (Lipinski definition) is 20. The first-order chi connectivity index (χ1) is 42.5. The third-order valence-corrected chi connectivity index (χ3v) is 24.3. The van der Waals surface area contributed by atoms with E-state index in [0.29, 0.717) is 0 Å². The van der Waals surface area contributed by atoms with E-state index in [-0.39, 0.29) is 112 Å². The molecule has 0 aliphatic carbocycles. The molecule has 0 saturated carbocycles. The zero-order chi connectivity index (χ0) is 61.9. The highest BCUT2D eigenvalue weighted by Gasteiger charge is 2.71. The van der Waals surface area contributed by atoms with Crippen LogP contribution in [0.3, 0.4) is 0 Å². The van der Waals surface area contributed by atoms with Crippen molar-refractivity contribution in [1.29, 1.82) is 0 Å². The van der Waals surface area contributed by atoms with E-state index >= 15 is 33.7 Å². The molecule has 434 valence electrons. The molecule has 0 fully saturated rings. The summed E-state index contributed by atoms with van der Waals surface area (Å²) in [6, 6.07) is 37.7. The summed E-state index contributed by atoms with van der Waals surface area (Å²) in [5, 5.41) is 84.9. The number of rotatable bonds is 12. The van der Waals surface area contributed by atoms with Gasteiger partial charge in [0.1, 0.15) is 0 Å². The van der Waals surface area contributed by atoms with Gasteiger partial charge in [0, 0.05) is 32.6 Å². The van der Waals surface area contributed by atoms with Gasteiger partial charge in [-0.25, -0.2) is 33.7 Å². The minimum absolute atomic E-state index is 0.0591. The number of amidine groups is 4. The van der Waals surface area contributed by atoms with Crippen molar-refractivity contribution >= 4 is 146 Å². The van der Waals surface area contributed by atoms with Crippen LogP contribution in [0.5, 0.6) is 0 Å². The molecule has 89 heavy (non-hydrogen) atoms. The van der Waals surface area contributed by atoms with Crippen LogP contribution in [0.1, 0.15) is 22.3 Å². The Balaban J connectivity index is 1.13. The zero-order valence-electron chi connectivity index (χ0n) is 45.0. The molecule has 8 heterocycles. The Labute approximate surface area is 503 Å². The second-order valence-corrected chi connectivity index (χ2v) is 28.9. The number of aromatic nitrogens is 2. The van der Waals surface area contributed by atoms with Crippen molar-refractivity contribution in [2.24, 2.45) is 20.0 Å². The van der Waals surface area contributed by atoms with Crippen LogP contribution < -0.4 is 32.8 Å². The first kappa shape index (κ1) is 55.2. The molecule has 6 aliphatic heterocycles. The van der Waals surface area contributed by atoms with Crippen LogP contribution in [-0.2, 0) is 45.3 Å². The van der Waals surface area contributed by atoms with Crippen molar-refractivity contribution < 1.29 is 83.0 Å². The minimum atomic E-state index is -4.89. The molecular weight excluding hydrogens is 1220 g/mol. The minimum Gasteiger partial charge on any atom is -0.423 e. The number of sulfone groups is 4. The van der Waals surface area contributed by atoms with E-state index in [1.807, 2.05) is 0 Å². The maximum Gasteiger partial charge on any atom is 0.489 e. The van der Waals surface area contributed by atoms with Crippen LogP contribution in [0.25, 0.3) is 21.5 Å². The van der Waals surface area contributed by atoms with Gasteiger partial charge in [-0.2, -0.15) is 9.13 Å². The topological polar surface area (TPSA) is 364 Å². The zero-order valence-corrected chi connectivity index (χ0v) is 48.3. The predicted octanol–water partition coefficient (Wildman–Crippen LogP) is -2.24. The molecule has 0 radical (unpaired) electrons. The molecule has 0 saturated heterocycles. The Morgan fingerprint density at radius 1 is 0.337 bits per heavy atom. The van der Waals surface area contributed by atoms with Gasteiger partial charge < -0.3 is 40.2 Å². The van der Waals surface area contributed by atoms with Crippen molar-refractivity contribution in [1.82, 2.24) is 9.13 Å². The van der Waals surface area contributed by atoms with Crippen LogP contribution in [0.15, 0.2) is 229 Å². The van der Waals surface area contributed by atoms with E-state index in [4.69, 9.17) is 20.0 Å². The molecule has 2 aromatic heterocycles. The molecule has 24 nitrogen and oxygen atoms in total. The molecular formula is C57H36B4N8O16S4+2. The van der Waals surface area contributed by atoms with Gasteiger partial charge in [-0.05, 0) is 72.8 Å². The summed E-state index contributed by atoms with van der Waals surface area (Å²) in [5.74, 6) is -3.29. The van der Waals surface area contributed by atoms with Gasteiger partial charge in [0.2, 0.25) is 62.0 Å². The first-order valence-corrected chi connectivity index (χ1v) is 32.9. The lowest BCUT2D eigenvalue weighted by Crippen LogP contribution is -2.71. The van der Waals surface area contributed by atoms with E-state index < -0.39 is 113 Å². The fourth-order valence-corrected chi connectivity index (χ4v) is 20.1. The Hall–Kier alpha value is -9.14. The Morgan fingerprint density at radius 3 is 1.22 bits per heavy atom. The molecule has 0 amide bonds. The number of aliphatic imine (C=N–C) groups is 2. The van der Waals surface area contributed by atoms with E-state index in [2.05, 4.69) is 0 Å². The largest absolute Gasteiger partial charge is 0.489 e. The summed E-state index contributed by atoms with van der Waals surface area (Å²) >= 11 is 0. The van der Waals surface area contributed by atoms with Gasteiger partial charge >= 0.3 is 34.4 Å². The van der Waals surface area contributed by atoms with E-state index in [1.165, 1.54) is 188 Å². The van der Waals surface area contributed by atoms with Crippen molar-refractivity contribution in [3.8, 4) is 0 Å². The predicted molar refractivity (Wildman–Crippen MR) is 320 cm³/mol. The maximum absolute atomic E-state index is 15.6. The van der Waals surface area contributed by atoms with Crippen LogP contribution >= 0.6 is 0 Å². The highest BCUT2D eigenvalue weighted by atomic mass is 32.2. The van der Waals surface area contributed by atoms with Gasteiger partial charge in [-0.1, -0.05) is 117 Å². The molecule has 32 heteroatoms. The number of hydrogen-bond donors (Lipinski definition) is 8.